The zero-order chi connectivity index (χ0) is 110. The van der Waals surface area contributed by atoms with Crippen molar-refractivity contribution in [1.82, 2.24) is 84.4 Å². The molecule has 0 aliphatic carbocycles. The highest BCUT2D eigenvalue weighted by Gasteiger charge is 2.48. The van der Waals surface area contributed by atoms with Gasteiger partial charge in [0.2, 0.25) is 46.9 Å². The molecule has 8 aromatic rings. The Bertz CT molecular complexity index is 6020. The SMILES string of the molecule is CC(C)(C)OC(=O)N[C@@H](CC(=O)N1CCn2c(C(F)(F)F)nc(C(=O)O)c2C1)Cc1cc(F)c(F)cc1F.CCCNC(=O)c1nc(C(F)(F)F)n2c1CN(C(=O)C[C@@H](Cc1cc(F)c(F)cc1F)NC(=O)OC(C)(C)C)CC2.CCCNC(=O)c1nc(C(F)(F)F)n2c1CN(C(=O)C[C@H](N)Cc1cc(F)c(F)cc1F)CC2.CCCNC(=O)c1nc(C(F)(F)F)n2c1CN(C(=O)C[C@H](N)Cc1cc(F)c(F)cc1F)CC2. The molecule has 12 rings (SSSR count). The van der Waals surface area contributed by atoms with E-state index in [2.05, 4.69) is 46.5 Å². The van der Waals surface area contributed by atoms with Crippen LogP contribution in [0.25, 0.3) is 0 Å². The monoisotopic (exact) mass is 2120 g/mol. The summed E-state index contributed by atoms with van der Waals surface area (Å²) in [5.74, 6) is -26.7. The molecule has 0 saturated carbocycles. The minimum absolute atomic E-state index is 0.0549. The van der Waals surface area contributed by atoms with Crippen LogP contribution in [0, 0.1) is 69.8 Å². The number of imidazole rings is 4. The number of carboxylic acids is 1. The standard InChI is InChI=1S/C26H31F6N5O4.C23H24F6N4O5.2C21H23F6N5O2/c1-5-6-33-22(39)21-19-13-36(7-8-37(19)23(35-21)26(30,31)32)20(38)11-15(34-24(40)41-25(2,3)4)9-14-10-17(28)18(29)12-16(14)27;1-22(2,3)38-21(37)30-12(6-11-7-14(25)15(26)9-13(11)24)8-17(34)32-4-5-33-16(10-32)18(19(35)36)31-20(33)23(27,28)29;2*1-2-3-29-19(34)18-16-10-31(4-5-32(16)20(30-18)21(25,26)27)17(33)8-12(28)6-11-7-14(23)15(24)9-13(11)22/h10,12,15H,5-9,11,13H2,1-4H3,(H,33,39)(H,34,40);7,9,12H,4-6,8,10H2,1-3H3,(H,30,37)(H,35,36);2*7,9,12H,2-6,8,10,28H2,1H3,(H,29,34)/t15-;3*12-/m1111/s1. The number of carboxylic acid groups (broad SMARTS) is 1. The minimum atomic E-state index is -4.93. The zero-order valence-electron chi connectivity index (χ0n) is 79.8. The first-order valence-electron chi connectivity index (χ1n) is 45.2. The molecule has 0 radical (unpaired) electrons. The number of alkyl carbamates (subject to hydrolysis) is 2. The molecule has 0 unspecified atom stereocenters. The number of fused-ring (bicyclic) bond motifs is 4. The van der Waals surface area contributed by atoms with Gasteiger partial charge in [0, 0.05) is 146 Å². The van der Waals surface area contributed by atoms with Crippen LogP contribution in [0.1, 0.15) is 218 Å². The van der Waals surface area contributed by atoms with E-state index in [9.17, 15) is 158 Å². The van der Waals surface area contributed by atoms with Gasteiger partial charge >= 0.3 is 42.9 Å². The first-order valence-corrected chi connectivity index (χ1v) is 45.2. The van der Waals surface area contributed by atoms with Crippen molar-refractivity contribution in [3.05, 3.63) is 209 Å². The number of aromatic carboxylic acids is 1. The van der Waals surface area contributed by atoms with Crippen LogP contribution in [0.4, 0.5) is 115 Å². The van der Waals surface area contributed by atoms with Crippen LogP contribution in [0.15, 0.2) is 48.5 Å². The molecule has 147 heavy (non-hydrogen) atoms. The number of nitrogens with one attached hydrogen (secondary N) is 5. The third-order valence-corrected chi connectivity index (χ3v) is 22.3. The van der Waals surface area contributed by atoms with E-state index >= 15 is 0 Å². The van der Waals surface area contributed by atoms with Crippen molar-refractivity contribution in [3.8, 4) is 0 Å². The van der Waals surface area contributed by atoms with Gasteiger partial charge in [0.1, 0.15) is 34.5 Å². The largest absolute Gasteiger partial charge is 0.476 e. The smallest absolute Gasteiger partial charge is 0.449 e. The molecule has 4 aliphatic heterocycles. The number of ether oxygens (including phenoxy) is 2. The second-order valence-corrected chi connectivity index (χ2v) is 36.1. The number of hydrogen-bond donors (Lipinski definition) is 8. The lowest BCUT2D eigenvalue weighted by Gasteiger charge is -2.31. The molecule has 9 amide bonds. The van der Waals surface area contributed by atoms with Gasteiger partial charge in [-0.25, -0.2) is 87.0 Å². The van der Waals surface area contributed by atoms with Crippen molar-refractivity contribution in [3.63, 3.8) is 0 Å². The number of aromatic nitrogens is 8. The molecule has 56 heteroatoms. The first-order chi connectivity index (χ1) is 68.3. The number of halogens is 24. The summed E-state index contributed by atoms with van der Waals surface area (Å²) in [6, 6.07) is -0.358. The molecule has 10 N–H and O–H groups in total. The Labute approximate surface area is 821 Å². The Balaban J connectivity index is 0.000000219. The average molecular weight is 2120 g/mol. The molecule has 4 aliphatic rings. The number of alkyl halides is 12. The lowest BCUT2D eigenvalue weighted by molar-refractivity contribution is -0.149. The second-order valence-electron chi connectivity index (χ2n) is 36.1. The van der Waals surface area contributed by atoms with Crippen molar-refractivity contribution in [2.75, 3.05) is 45.8 Å². The van der Waals surface area contributed by atoms with Gasteiger partial charge < -0.3 is 90.5 Å². The zero-order valence-corrected chi connectivity index (χ0v) is 79.8. The number of nitrogens with two attached hydrogens (primary N) is 2. The van der Waals surface area contributed by atoms with Crippen LogP contribution >= 0.6 is 0 Å². The van der Waals surface area contributed by atoms with Gasteiger partial charge in [0.15, 0.2) is 69.3 Å². The van der Waals surface area contributed by atoms with E-state index in [1.165, 1.54) is 14.7 Å². The summed E-state index contributed by atoms with van der Waals surface area (Å²) in [7, 11) is 0. The number of carbonyl (C=O) groups is 10. The van der Waals surface area contributed by atoms with Crippen LogP contribution in [0.3, 0.4) is 0 Å². The maximum atomic E-state index is 14.4. The number of benzene rings is 4. The van der Waals surface area contributed by atoms with E-state index in [1.54, 1.807) is 62.3 Å². The summed E-state index contributed by atoms with van der Waals surface area (Å²) in [6.07, 6.45) is -22.7. The molecule has 8 heterocycles. The fourth-order valence-electron chi connectivity index (χ4n) is 15.7. The predicted molar refractivity (Wildman–Crippen MR) is 466 cm³/mol. The van der Waals surface area contributed by atoms with E-state index in [1.807, 2.05) is 0 Å². The van der Waals surface area contributed by atoms with Gasteiger partial charge in [-0.15, -0.1) is 0 Å². The molecule has 806 valence electrons. The van der Waals surface area contributed by atoms with Crippen LogP contribution in [-0.2, 0) is 131 Å². The topological polar surface area (TPSA) is 406 Å². The van der Waals surface area contributed by atoms with Crippen molar-refractivity contribution >= 4 is 59.5 Å². The molecule has 4 aromatic carbocycles. The normalized spacial score (nSPS) is 14.6. The number of rotatable bonds is 28. The van der Waals surface area contributed by atoms with E-state index in [4.69, 9.17) is 20.9 Å². The van der Waals surface area contributed by atoms with Crippen LogP contribution in [0.2, 0.25) is 0 Å². The van der Waals surface area contributed by atoms with Crippen molar-refractivity contribution < 1.29 is 168 Å². The Morgan fingerprint density at radius 3 is 0.776 bits per heavy atom. The lowest BCUT2D eigenvalue weighted by atomic mass is 10.0. The number of amides is 9. The van der Waals surface area contributed by atoms with Crippen molar-refractivity contribution in [2.24, 2.45) is 11.5 Å². The number of nitrogens with zero attached hydrogens (tertiary/aromatic N) is 12. The van der Waals surface area contributed by atoms with E-state index < -0.39 is 281 Å². The lowest BCUT2D eigenvalue weighted by Crippen LogP contribution is -2.46. The Morgan fingerprint density at radius 1 is 0.333 bits per heavy atom. The first kappa shape index (κ1) is 117. The van der Waals surface area contributed by atoms with Gasteiger partial charge in [-0.3, -0.25) is 33.6 Å². The predicted octanol–water partition coefficient (Wildman–Crippen LogP) is 13.7. The molecule has 0 fully saturated rings. The summed E-state index contributed by atoms with van der Waals surface area (Å²) in [6.45, 7) is 12.1. The van der Waals surface area contributed by atoms with Crippen LogP contribution in [0.5, 0.6) is 0 Å². The van der Waals surface area contributed by atoms with Gasteiger partial charge in [0.25, 0.3) is 17.7 Å². The van der Waals surface area contributed by atoms with Gasteiger partial charge in [-0.1, -0.05) is 20.8 Å². The molecule has 0 spiro atoms. The molecule has 32 nitrogen and oxygen atoms in total. The molecular formula is C91H101F24N19O13. The van der Waals surface area contributed by atoms with Gasteiger partial charge in [-0.05, 0) is 133 Å². The highest BCUT2D eigenvalue weighted by atomic mass is 19.4. The third kappa shape index (κ3) is 31.2. The van der Waals surface area contributed by atoms with Crippen LogP contribution in [-0.4, -0.2) is 204 Å². The summed E-state index contributed by atoms with van der Waals surface area (Å²) in [4.78, 5) is 144. The Kier molecular flexibility index (Phi) is 38.4. The molecular weight excluding hydrogens is 2020 g/mol. The van der Waals surface area contributed by atoms with E-state index in [0.717, 1.165) is 18.6 Å². The maximum absolute atomic E-state index is 14.4. The fraction of sp³-hybridized carbons (Fsp3) is 0.495. The highest BCUT2D eigenvalue weighted by Crippen LogP contribution is 2.39. The Morgan fingerprint density at radius 2 is 0.551 bits per heavy atom. The molecule has 4 atom stereocenters. The summed E-state index contributed by atoms with van der Waals surface area (Å²) in [5, 5.41) is 21.6. The number of carbonyl (C=O) groups excluding carboxylic acids is 9. The minimum Gasteiger partial charge on any atom is -0.476 e. The highest BCUT2D eigenvalue weighted by molar-refractivity contribution is 5.95. The fourth-order valence-corrected chi connectivity index (χ4v) is 15.7. The van der Waals surface area contributed by atoms with E-state index in [0.29, 0.717) is 72.4 Å². The van der Waals surface area contributed by atoms with Crippen molar-refractivity contribution in [2.45, 2.75) is 245 Å². The maximum Gasteiger partial charge on any atom is 0.449 e. The van der Waals surface area contributed by atoms with Crippen molar-refractivity contribution in [1.29, 1.82) is 0 Å². The summed E-state index contributed by atoms with van der Waals surface area (Å²) >= 11 is 0. The van der Waals surface area contributed by atoms with E-state index in [-0.39, 0.29) is 149 Å². The average Bonchev–Trinajstić information content (AvgIpc) is 1.61. The quantitative estimate of drug-likeness (QED) is 0.0167. The Hall–Kier alpha value is -13.7. The summed E-state index contributed by atoms with van der Waals surface area (Å²) in [5.41, 5.74) is 6.13. The van der Waals surface area contributed by atoms with Gasteiger partial charge in [0.05, 0.1) is 49.0 Å². The summed E-state index contributed by atoms with van der Waals surface area (Å²) < 4.78 is 339. The van der Waals surface area contributed by atoms with Gasteiger partial charge in [-0.2, -0.15) is 52.7 Å². The second kappa shape index (κ2) is 48.3. The molecule has 0 bridgehead atoms. The molecule has 0 saturated heterocycles. The van der Waals surface area contributed by atoms with Crippen LogP contribution < -0.4 is 38.1 Å². The molecule has 4 aromatic heterocycles. The third-order valence-electron chi connectivity index (χ3n) is 22.3. The number of hydrogen-bond acceptors (Lipinski definition) is 18.